The molecule has 1 atom stereocenters. The first-order valence-corrected chi connectivity index (χ1v) is 9.90. The number of carbonyl (C=O) groups is 3. The molecule has 1 aliphatic rings. The van der Waals surface area contributed by atoms with Crippen molar-refractivity contribution in [3.05, 3.63) is 94.0 Å². The molecule has 1 unspecified atom stereocenters. The molecule has 0 saturated heterocycles. The minimum Gasteiger partial charge on any atom is -0.348 e. The monoisotopic (exact) mass is 437 g/mol. The largest absolute Gasteiger partial charge is 0.348 e. The number of hydrogen-bond acceptors (Lipinski definition) is 4. The zero-order valence-electron chi connectivity index (χ0n) is 16.2. The second-order valence-electron chi connectivity index (χ2n) is 7.16. The number of rotatable bonds is 5. The average molecular weight is 438 g/mol. The lowest BCUT2D eigenvalue weighted by molar-refractivity contribution is -0.118. The Bertz CT molecular complexity index is 1180. The van der Waals surface area contributed by atoms with E-state index < -0.39 is 23.4 Å². The fourth-order valence-corrected chi connectivity index (χ4v) is 3.60. The molecule has 0 radical (unpaired) electrons. The molecular weight excluding hydrogens is 421 g/mol. The number of fused-ring (bicyclic) bond motifs is 1. The van der Waals surface area contributed by atoms with E-state index in [0.717, 1.165) is 5.56 Å². The lowest BCUT2D eigenvalue weighted by Crippen LogP contribution is -2.37. The van der Waals surface area contributed by atoms with Gasteiger partial charge in [0.25, 0.3) is 5.91 Å². The van der Waals surface area contributed by atoms with E-state index in [1.54, 1.807) is 30.6 Å². The van der Waals surface area contributed by atoms with Crippen LogP contribution < -0.4 is 10.6 Å². The zero-order chi connectivity index (χ0) is 22.0. The van der Waals surface area contributed by atoms with Crippen LogP contribution in [0, 0.1) is 11.7 Å². The van der Waals surface area contributed by atoms with Crippen molar-refractivity contribution < 1.29 is 18.8 Å². The second-order valence-corrected chi connectivity index (χ2v) is 7.56. The first kappa shape index (κ1) is 20.7. The predicted molar refractivity (Wildman–Crippen MR) is 113 cm³/mol. The van der Waals surface area contributed by atoms with Crippen molar-refractivity contribution in [3.8, 4) is 0 Å². The highest BCUT2D eigenvalue weighted by atomic mass is 35.5. The van der Waals surface area contributed by atoms with Gasteiger partial charge in [0.2, 0.25) is 5.91 Å². The van der Waals surface area contributed by atoms with E-state index in [1.165, 1.54) is 30.3 Å². The summed E-state index contributed by atoms with van der Waals surface area (Å²) in [6.07, 6.45) is 3.34. The molecule has 2 N–H and O–H groups in total. The van der Waals surface area contributed by atoms with Crippen molar-refractivity contribution in [2.45, 2.75) is 13.0 Å². The minimum atomic E-state index is -0.996. The van der Waals surface area contributed by atoms with Crippen LogP contribution in [0.5, 0.6) is 0 Å². The van der Waals surface area contributed by atoms with Gasteiger partial charge in [-0.25, -0.2) is 4.39 Å². The number of amides is 2. The van der Waals surface area contributed by atoms with Crippen LogP contribution in [-0.2, 0) is 17.8 Å². The Hall–Kier alpha value is -3.58. The van der Waals surface area contributed by atoms with Gasteiger partial charge in [0.05, 0.1) is 10.7 Å². The van der Waals surface area contributed by atoms with Gasteiger partial charge in [-0.15, -0.1) is 0 Å². The van der Waals surface area contributed by atoms with Gasteiger partial charge in [0.1, 0.15) is 11.7 Å². The Kier molecular flexibility index (Phi) is 5.77. The average Bonchev–Trinajstić information content (AvgIpc) is 2.78. The van der Waals surface area contributed by atoms with Crippen LogP contribution in [0.15, 0.2) is 60.9 Å². The molecule has 0 spiro atoms. The number of halogens is 2. The Morgan fingerprint density at radius 2 is 1.84 bits per heavy atom. The molecule has 1 aromatic heterocycles. The molecule has 0 saturated carbocycles. The van der Waals surface area contributed by atoms with Gasteiger partial charge in [-0.2, -0.15) is 0 Å². The summed E-state index contributed by atoms with van der Waals surface area (Å²) in [5.74, 6) is -2.76. The summed E-state index contributed by atoms with van der Waals surface area (Å²) in [4.78, 5) is 42.0. The molecule has 0 aliphatic carbocycles. The smallest absolute Gasteiger partial charge is 0.251 e. The van der Waals surface area contributed by atoms with Gasteiger partial charge in [0.15, 0.2) is 5.78 Å². The van der Waals surface area contributed by atoms with E-state index in [4.69, 9.17) is 11.6 Å². The number of carbonyl (C=O) groups excluding carboxylic acids is 3. The lowest BCUT2D eigenvalue weighted by atomic mass is 9.86. The van der Waals surface area contributed by atoms with Crippen LogP contribution in [0.2, 0.25) is 5.02 Å². The molecular formula is C23H17ClFN3O3. The number of aromatic nitrogens is 1. The first-order chi connectivity index (χ1) is 14.9. The summed E-state index contributed by atoms with van der Waals surface area (Å²) >= 11 is 5.81. The van der Waals surface area contributed by atoms with Crippen molar-refractivity contribution in [1.82, 2.24) is 10.3 Å². The lowest BCUT2D eigenvalue weighted by Gasteiger charge is -2.24. The van der Waals surface area contributed by atoms with Gasteiger partial charge in [0, 0.05) is 30.1 Å². The highest BCUT2D eigenvalue weighted by Gasteiger charge is 2.34. The number of hydrogen-bond donors (Lipinski definition) is 2. The normalized spacial score (nSPS) is 15.2. The maximum atomic E-state index is 13.4. The summed E-state index contributed by atoms with van der Waals surface area (Å²) in [6.45, 7) is 0.317. The first-order valence-electron chi connectivity index (χ1n) is 9.52. The molecule has 2 aromatic carbocycles. The third-order valence-corrected chi connectivity index (χ3v) is 5.35. The van der Waals surface area contributed by atoms with E-state index in [0.29, 0.717) is 23.4 Å². The number of ketones is 1. The molecule has 2 heterocycles. The van der Waals surface area contributed by atoms with E-state index in [1.807, 2.05) is 0 Å². The Balaban J connectivity index is 1.53. The van der Waals surface area contributed by atoms with Crippen LogP contribution >= 0.6 is 11.6 Å². The molecule has 31 heavy (non-hydrogen) atoms. The van der Waals surface area contributed by atoms with Crippen molar-refractivity contribution in [2.75, 3.05) is 5.32 Å². The Morgan fingerprint density at radius 1 is 1.06 bits per heavy atom. The van der Waals surface area contributed by atoms with E-state index in [9.17, 15) is 18.8 Å². The van der Waals surface area contributed by atoms with Gasteiger partial charge in [-0.1, -0.05) is 17.7 Å². The molecule has 2 amide bonds. The highest BCUT2D eigenvalue weighted by molar-refractivity contribution is 6.30. The predicted octanol–water partition coefficient (Wildman–Crippen LogP) is 3.80. The molecule has 4 rings (SSSR count). The second kappa shape index (κ2) is 8.65. The number of anilines is 1. The maximum absolute atomic E-state index is 13.4. The van der Waals surface area contributed by atoms with E-state index in [2.05, 4.69) is 15.6 Å². The summed E-state index contributed by atoms with van der Waals surface area (Å²) in [5, 5.41) is 5.42. The number of pyridine rings is 1. The fraction of sp³-hybridized carbons (Fsp3) is 0.130. The molecule has 8 heteroatoms. The number of Topliss-reactive ketones (excluding diaryl/α,β-unsaturated/α-hetero) is 1. The van der Waals surface area contributed by atoms with Crippen LogP contribution in [0.1, 0.15) is 31.8 Å². The van der Waals surface area contributed by atoms with Crippen molar-refractivity contribution >= 4 is 34.9 Å². The maximum Gasteiger partial charge on any atom is 0.251 e. The Morgan fingerprint density at radius 3 is 2.58 bits per heavy atom. The summed E-state index contributed by atoms with van der Waals surface area (Å²) < 4.78 is 13.4. The highest BCUT2D eigenvalue weighted by Crippen LogP contribution is 2.29. The molecule has 6 nitrogen and oxygen atoms in total. The van der Waals surface area contributed by atoms with E-state index >= 15 is 0 Å². The quantitative estimate of drug-likeness (QED) is 0.594. The van der Waals surface area contributed by atoms with Crippen LogP contribution in [-0.4, -0.2) is 22.6 Å². The zero-order valence-corrected chi connectivity index (χ0v) is 16.9. The summed E-state index contributed by atoms with van der Waals surface area (Å²) in [7, 11) is 0. The third kappa shape index (κ3) is 4.46. The van der Waals surface area contributed by atoms with Crippen LogP contribution in [0.4, 0.5) is 10.1 Å². The van der Waals surface area contributed by atoms with Gasteiger partial charge < -0.3 is 10.6 Å². The van der Waals surface area contributed by atoms with Crippen LogP contribution in [0.3, 0.4) is 0 Å². The SMILES string of the molecule is O=C(NCc1ccncc1)c1ccc2c(c1)C(=O)C(Cc1ccc(F)c(Cl)c1)C(=O)N2. The van der Waals surface area contributed by atoms with Crippen molar-refractivity contribution in [2.24, 2.45) is 5.92 Å². The van der Waals surface area contributed by atoms with Crippen molar-refractivity contribution in [1.29, 1.82) is 0 Å². The topological polar surface area (TPSA) is 88.2 Å². The molecule has 3 aromatic rings. The summed E-state index contributed by atoms with van der Waals surface area (Å²) in [5.41, 5.74) is 2.38. The van der Waals surface area contributed by atoms with E-state index in [-0.39, 0.29) is 22.9 Å². The number of nitrogens with zero attached hydrogens (tertiary/aromatic N) is 1. The Labute approximate surface area is 182 Å². The minimum absolute atomic E-state index is 0.0720. The van der Waals surface area contributed by atoms with Gasteiger partial charge in [-0.05, 0) is 60.0 Å². The van der Waals surface area contributed by atoms with Crippen LogP contribution in [0.25, 0.3) is 0 Å². The number of nitrogens with one attached hydrogen (secondary N) is 2. The van der Waals surface area contributed by atoms with Gasteiger partial charge in [-0.3, -0.25) is 19.4 Å². The molecule has 1 aliphatic heterocycles. The third-order valence-electron chi connectivity index (χ3n) is 5.06. The van der Waals surface area contributed by atoms with Crippen molar-refractivity contribution in [3.63, 3.8) is 0 Å². The fourth-order valence-electron chi connectivity index (χ4n) is 3.40. The molecule has 156 valence electrons. The molecule has 0 bridgehead atoms. The summed E-state index contributed by atoms with van der Waals surface area (Å²) in [6, 6.07) is 12.2. The number of benzene rings is 2. The molecule has 0 fully saturated rings. The standard InChI is InChI=1S/C23H17ClFN3O3/c24-18-10-14(1-3-19(18)25)9-17-21(29)16-11-15(2-4-20(16)28-23(17)31)22(30)27-12-13-5-7-26-8-6-13/h1-8,10-11,17H,9,12H2,(H,27,30)(H,28,31). The van der Waals surface area contributed by atoms with Gasteiger partial charge >= 0.3 is 0 Å².